The van der Waals surface area contributed by atoms with Crippen LogP contribution in [-0.4, -0.2) is 50.8 Å². The molecule has 0 bridgehead atoms. The molecule has 0 saturated carbocycles. The van der Waals surface area contributed by atoms with Gasteiger partial charge in [-0.05, 0) is 87.4 Å². The quantitative estimate of drug-likeness (QED) is 0.221. The number of ether oxygens (including phenoxy) is 2. The number of aryl methyl sites for hydroxylation is 1. The molecule has 2 atom stereocenters. The smallest absolute Gasteiger partial charge is 0.407 e. The van der Waals surface area contributed by atoms with Crippen molar-refractivity contribution in [1.82, 2.24) is 10.3 Å². The van der Waals surface area contributed by atoms with Crippen LogP contribution in [0.15, 0.2) is 30.3 Å². The molecular formula is C29H32ClN3O8. The Morgan fingerprint density at radius 3 is 2.54 bits per heavy atom. The number of amides is 2. The van der Waals surface area contributed by atoms with Gasteiger partial charge in [0.1, 0.15) is 17.0 Å². The van der Waals surface area contributed by atoms with Crippen LogP contribution < -0.4 is 15.4 Å². The predicted octanol–water partition coefficient (Wildman–Crippen LogP) is 5.45. The third kappa shape index (κ3) is 7.10. The second-order valence-electron chi connectivity index (χ2n) is 11.0. The number of aromatic carboxylic acids is 1. The normalized spacial score (nSPS) is 15.2. The molecule has 0 radical (unpaired) electrons. The maximum absolute atomic E-state index is 13.2. The molecule has 1 aliphatic rings. The van der Waals surface area contributed by atoms with E-state index in [2.05, 4.69) is 15.6 Å². The summed E-state index contributed by atoms with van der Waals surface area (Å²) in [6.45, 7) is 6.66. The highest BCUT2D eigenvalue weighted by Gasteiger charge is 2.31. The van der Waals surface area contributed by atoms with Gasteiger partial charge < -0.3 is 35.3 Å². The van der Waals surface area contributed by atoms with Gasteiger partial charge in [-0.3, -0.25) is 4.79 Å². The Bertz CT molecular complexity index is 1520. The Morgan fingerprint density at radius 1 is 1.15 bits per heavy atom. The van der Waals surface area contributed by atoms with E-state index in [1.165, 1.54) is 13.0 Å². The SMILES string of the molecule is C[C@@H](Oc1cc(CNC(=O)OC(C)(C)C)ccc1NC(=O)C[C@@H]1CCc2cc(Cl)cc3[nH]c(C(=O)O)c1c23)C(=O)O. The van der Waals surface area contributed by atoms with E-state index in [1.807, 2.05) is 6.07 Å². The number of aromatic amines is 1. The van der Waals surface area contributed by atoms with Crippen molar-refractivity contribution < 1.29 is 38.9 Å². The van der Waals surface area contributed by atoms with E-state index in [0.717, 1.165) is 10.9 Å². The van der Waals surface area contributed by atoms with Crippen LogP contribution >= 0.6 is 11.6 Å². The van der Waals surface area contributed by atoms with Crippen LogP contribution in [0.3, 0.4) is 0 Å². The van der Waals surface area contributed by atoms with Crippen molar-refractivity contribution in [3.05, 3.63) is 57.7 Å². The fourth-order valence-electron chi connectivity index (χ4n) is 4.89. The molecule has 4 rings (SSSR count). The van der Waals surface area contributed by atoms with Crippen LogP contribution in [0.1, 0.15) is 73.6 Å². The van der Waals surface area contributed by atoms with Crippen LogP contribution in [-0.2, 0) is 27.3 Å². The van der Waals surface area contributed by atoms with Gasteiger partial charge in [0.25, 0.3) is 0 Å². The molecule has 11 nitrogen and oxygen atoms in total. The van der Waals surface area contributed by atoms with E-state index in [1.54, 1.807) is 39.0 Å². The van der Waals surface area contributed by atoms with Gasteiger partial charge in [0, 0.05) is 28.9 Å². The first kappa shape index (κ1) is 29.7. The van der Waals surface area contributed by atoms with Gasteiger partial charge >= 0.3 is 18.0 Å². The maximum Gasteiger partial charge on any atom is 0.407 e. The predicted molar refractivity (Wildman–Crippen MR) is 152 cm³/mol. The minimum Gasteiger partial charge on any atom is -0.479 e. The average Bonchev–Trinajstić information content (AvgIpc) is 3.25. The summed E-state index contributed by atoms with van der Waals surface area (Å²) in [5.74, 6) is -2.98. The fourth-order valence-corrected chi connectivity index (χ4v) is 5.13. The Labute approximate surface area is 241 Å². The summed E-state index contributed by atoms with van der Waals surface area (Å²) in [5.41, 5.74) is 2.29. The number of hydrogen-bond acceptors (Lipinski definition) is 6. The van der Waals surface area contributed by atoms with Crippen molar-refractivity contribution in [1.29, 1.82) is 0 Å². The zero-order chi connectivity index (χ0) is 30.1. The first-order valence-corrected chi connectivity index (χ1v) is 13.5. The van der Waals surface area contributed by atoms with Crippen LogP contribution in [0.4, 0.5) is 10.5 Å². The van der Waals surface area contributed by atoms with E-state index in [-0.39, 0.29) is 36.0 Å². The molecule has 0 saturated heterocycles. The molecule has 1 aliphatic carbocycles. The summed E-state index contributed by atoms with van der Waals surface area (Å²) in [4.78, 5) is 51.7. The van der Waals surface area contributed by atoms with E-state index in [9.17, 15) is 29.4 Å². The van der Waals surface area contributed by atoms with Crippen molar-refractivity contribution in [3.8, 4) is 5.75 Å². The molecule has 12 heteroatoms. The van der Waals surface area contributed by atoms with Gasteiger partial charge in [0.2, 0.25) is 5.91 Å². The van der Waals surface area contributed by atoms with E-state index in [4.69, 9.17) is 21.1 Å². The molecular weight excluding hydrogens is 554 g/mol. The summed E-state index contributed by atoms with van der Waals surface area (Å²) in [7, 11) is 0. The zero-order valence-electron chi connectivity index (χ0n) is 23.1. The molecule has 1 heterocycles. The molecule has 41 heavy (non-hydrogen) atoms. The first-order valence-electron chi connectivity index (χ1n) is 13.1. The summed E-state index contributed by atoms with van der Waals surface area (Å²) >= 11 is 6.21. The number of alkyl carbamates (subject to hydrolysis) is 1. The first-order chi connectivity index (χ1) is 19.2. The number of anilines is 1. The highest BCUT2D eigenvalue weighted by atomic mass is 35.5. The number of aliphatic carboxylic acids is 1. The maximum atomic E-state index is 13.2. The van der Waals surface area contributed by atoms with Gasteiger partial charge in [-0.25, -0.2) is 14.4 Å². The summed E-state index contributed by atoms with van der Waals surface area (Å²) in [6, 6.07) is 8.24. The van der Waals surface area contributed by atoms with Crippen molar-refractivity contribution >= 4 is 52.1 Å². The number of aromatic nitrogens is 1. The molecule has 2 aromatic carbocycles. The molecule has 3 aromatic rings. The third-order valence-electron chi connectivity index (χ3n) is 6.61. The van der Waals surface area contributed by atoms with Gasteiger partial charge in [-0.2, -0.15) is 0 Å². The highest BCUT2D eigenvalue weighted by Crippen LogP contribution is 2.42. The van der Waals surface area contributed by atoms with Crippen molar-refractivity contribution in [2.45, 2.75) is 71.1 Å². The fraction of sp³-hybridized carbons (Fsp3) is 0.379. The zero-order valence-corrected chi connectivity index (χ0v) is 23.8. The van der Waals surface area contributed by atoms with E-state index >= 15 is 0 Å². The highest BCUT2D eigenvalue weighted by molar-refractivity contribution is 6.31. The molecule has 0 fully saturated rings. The molecule has 218 valence electrons. The monoisotopic (exact) mass is 585 g/mol. The minimum absolute atomic E-state index is 0.00876. The van der Waals surface area contributed by atoms with Crippen LogP contribution in [0.25, 0.3) is 10.9 Å². The molecule has 2 amide bonds. The van der Waals surface area contributed by atoms with Crippen molar-refractivity contribution in [3.63, 3.8) is 0 Å². The van der Waals surface area contributed by atoms with Crippen LogP contribution in [0.5, 0.6) is 5.75 Å². The Balaban J connectivity index is 1.55. The third-order valence-corrected chi connectivity index (χ3v) is 6.82. The number of carboxylic acids is 2. The number of H-pyrrole nitrogens is 1. The minimum atomic E-state index is -1.22. The van der Waals surface area contributed by atoms with E-state index < -0.39 is 35.6 Å². The Hall–Kier alpha value is -4.25. The van der Waals surface area contributed by atoms with Crippen molar-refractivity contribution in [2.75, 3.05) is 5.32 Å². The topological polar surface area (TPSA) is 167 Å². The lowest BCUT2D eigenvalue weighted by Crippen LogP contribution is -2.32. The number of rotatable bonds is 9. The number of halogens is 1. The van der Waals surface area contributed by atoms with Gasteiger partial charge in [0.15, 0.2) is 6.10 Å². The number of carbonyl (C=O) groups is 4. The van der Waals surface area contributed by atoms with Crippen LogP contribution in [0.2, 0.25) is 5.02 Å². The number of hydrogen-bond donors (Lipinski definition) is 5. The number of benzene rings is 2. The lowest BCUT2D eigenvalue weighted by molar-refractivity contribution is -0.144. The van der Waals surface area contributed by atoms with Gasteiger partial charge in [0.05, 0.1) is 5.69 Å². The van der Waals surface area contributed by atoms with Gasteiger partial charge in [-0.1, -0.05) is 17.7 Å². The number of carboxylic acid groups (broad SMARTS) is 2. The Kier molecular flexibility index (Phi) is 8.48. The molecule has 0 spiro atoms. The van der Waals surface area contributed by atoms with Crippen molar-refractivity contribution in [2.24, 2.45) is 0 Å². The standard InChI is InChI=1S/C29H32ClN3O8/c1-14(26(35)36)40-21-9-15(13-31-28(39)41-29(2,3)4)5-8-19(21)32-22(34)11-17-7-6-16-10-18(30)12-20-23(16)24(17)25(33-20)27(37)38/h5,8-10,12,14,17,33H,6-7,11,13H2,1-4H3,(H,31,39)(H,32,34)(H,35,36)(H,37,38)/t14-,17+/m1/s1. The average molecular weight is 586 g/mol. The lowest BCUT2D eigenvalue weighted by atomic mass is 9.81. The summed E-state index contributed by atoms with van der Waals surface area (Å²) in [6.07, 6.45) is -0.670. The number of carbonyl (C=O) groups excluding carboxylic acids is 2. The molecule has 0 unspecified atom stereocenters. The summed E-state index contributed by atoms with van der Waals surface area (Å²) in [5, 5.41) is 25.9. The number of nitrogens with one attached hydrogen (secondary N) is 3. The second-order valence-corrected chi connectivity index (χ2v) is 11.4. The lowest BCUT2D eigenvalue weighted by Gasteiger charge is -2.24. The Morgan fingerprint density at radius 2 is 1.88 bits per heavy atom. The molecule has 5 N–H and O–H groups in total. The van der Waals surface area contributed by atoms with Gasteiger partial charge in [-0.15, -0.1) is 0 Å². The summed E-state index contributed by atoms with van der Waals surface area (Å²) < 4.78 is 10.9. The largest absolute Gasteiger partial charge is 0.479 e. The molecule has 1 aromatic heterocycles. The molecule has 0 aliphatic heterocycles. The van der Waals surface area contributed by atoms with Crippen LogP contribution in [0, 0.1) is 0 Å². The second kappa shape index (κ2) is 11.7. The van der Waals surface area contributed by atoms with E-state index in [0.29, 0.717) is 34.5 Å².